The van der Waals surface area contributed by atoms with Gasteiger partial charge in [0.15, 0.2) is 6.29 Å². The van der Waals surface area contributed by atoms with Gasteiger partial charge in [-0.3, -0.25) is 0 Å². The van der Waals surface area contributed by atoms with Crippen LogP contribution in [0.5, 0.6) is 0 Å². The van der Waals surface area contributed by atoms with Crippen LogP contribution in [0.15, 0.2) is 0 Å². The zero-order valence-electron chi connectivity index (χ0n) is 16.5. The third-order valence-corrected chi connectivity index (χ3v) is 5.11. The van der Waals surface area contributed by atoms with Crippen molar-refractivity contribution in [2.75, 3.05) is 6.61 Å². The van der Waals surface area contributed by atoms with Gasteiger partial charge >= 0.3 is 0 Å². The molecule has 2 nitrogen and oxygen atoms in total. The first-order valence-electron chi connectivity index (χ1n) is 9.36. The van der Waals surface area contributed by atoms with Gasteiger partial charge in [0.25, 0.3) is 0 Å². The van der Waals surface area contributed by atoms with Gasteiger partial charge in [-0.1, -0.05) is 68.2 Å². The van der Waals surface area contributed by atoms with E-state index in [0.29, 0.717) is 17.9 Å². The fourth-order valence-electron chi connectivity index (χ4n) is 3.44. The summed E-state index contributed by atoms with van der Waals surface area (Å²) in [5, 5.41) is 10.4. The molecule has 0 amide bonds. The van der Waals surface area contributed by atoms with Crippen LogP contribution in [0.1, 0.15) is 93.9 Å². The van der Waals surface area contributed by atoms with E-state index in [4.69, 9.17) is 4.74 Å². The number of aliphatic hydroxyl groups excluding tert-OH is 1. The summed E-state index contributed by atoms with van der Waals surface area (Å²) in [7, 11) is 0. The molecule has 0 rings (SSSR count). The number of hydrogen-bond acceptors (Lipinski definition) is 2. The van der Waals surface area contributed by atoms with E-state index < -0.39 is 6.29 Å². The second kappa shape index (κ2) is 9.93. The molecule has 3 atom stereocenters. The van der Waals surface area contributed by atoms with Crippen LogP contribution >= 0.6 is 0 Å². The van der Waals surface area contributed by atoms with Crippen molar-refractivity contribution in [2.45, 2.75) is 100 Å². The third-order valence-electron chi connectivity index (χ3n) is 5.11. The van der Waals surface area contributed by atoms with E-state index in [0.717, 1.165) is 25.2 Å². The summed E-state index contributed by atoms with van der Waals surface area (Å²) >= 11 is 0. The monoisotopic (exact) mass is 314 g/mol. The summed E-state index contributed by atoms with van der Waals surface area (Å²) < 4.78 is 5.80. The molecule has 0 fully saturated rings. The molecule has 2 heteroatoms. The van der Waals surface area contributed by atoms with Crippen LogP contribution in [0.4, 0.5) is 0 Å². The molecular weight excluding hydrogens is 272 g/mol. The molecule has 0 aromatic carbocycles. The lowest BCUT2D eigenvalue weighted by Gasteiger charge is -2.35. The molecule has 0 aliphatic heterocycles. The Morgan fingerprint density at radius 2 is 1.59 bits per heavy atom. The largest absolute Gasteiger partial charge is 0.367 e. The van der Waals surface area contributed by atoms with Crippen molar-refractivity contribution in [2.24, 2.45) is 22.7 Å². The topological polar surface area (TPSA) is 29.5 Å². The lowest BCUT2D eigenvalue weighted by Crippen LogP contribution is -2.35. The lowest BCUT2D eigenvalue weighted by atomic mass is 9.76. The van der Waals surface area contributed by atoms with Crippen molar-refractivity contribution >= 4 is 0 Å². The van der Waals surface area contributed by atoms with E-state index in [1.54, 1.807) is 0 Å². The predicted octanol–water partition coefficient (Wildman–Crippen LogP) is 6.03. The Balaban J connectivity index is 4.27. The summed E-state index contributed by atoms with van der Waals surface area (Å²) in [6.45, 7) is 18.6. The molecular formula is C20H42O2. The molecule has 0 aliphatic carbocycles. The summed E-state index contributed by atoms with van der Waals surface area (Å²) in [5.41, 5.74) is 0.241. The second-order valence-electron chi connectivity index (χ2n) is 8.82. The van der Waals surface area contributed by atoms with Gasteiger partial charge in [-0.05, 0) is 42.9 Å². The zero-order chi connectivity index (χ0) is 17.4. The Labute approximate surface area is 140 Å². The number of aliphatic hydroxyl groups is 1. The molecule has 0 bridgehead atoms. The molecule has 0 spiro atoms. The fourth-order valence-corrected chi connectivity index (χ4v) is 3.44. The Kier molecular flexibility index (Phi) is 9.89. The molecule has 0 radical (unpaired) electrons. The maximum absolute atomic E-state index is 10.4. The van der Waals surface area contributed by atoms with Crippen molar-refractivity contribution in [3.8, 4) is 0 Å². The minimum atomic E-state index is -0.640. The SMILES string of the molecule is CCCC(CCCOC(O)C(C)(CC)CC(C)C)C(C)(C)C. The van der Waals surface area contributed by atoms with Crippen molar-refractivity contribution in [1.29, 1.82) is 0 Å². The van der Waals surface area contributed by atoms with Gasteiger partial charge in [0.05, 0.1) is 0 Å². The van der Waals surface area contributed by atoms with Gasteiger partial charge in [0.2, 0.25) is 0 Å². The number of hydrogen-bond donors (Lipinski definition) is 1. The van der Waals surface area contributed by atoms with Gasteiger partial charge in [0, 0.05) is 12.0 Å². The summed E-state index contributed by atoms with van der Waals surface area (Å²) in [6.07, 6.45) is 6.08. The van der Waals surface area contributed by atoms with Crippen molar-refractivity contribution in [3.63, 3.8) is 0 Å². The van der Waals surface area contributed by atoms with Crippen LogP contribution in [-0.2, 0) is 4.74 Å². The second-order valence-corrected chi connectivity index (χ2v) is 8.82. The van der Waals surface area contributed by atoms with Crippen LogP contribution < -0.4 is 0 Å². The van der Waals surface area contributed by atoms with E-state index in [1.807, 2.05) is 0 Å². The average Bonchev–Trinajstić information content (AvgIpc) is 2.39. The highest BCUT2D eigenvalue weighted by Gasteiger charge is 2.32. The highest BCUT2D eigenvalue weighted by Crippen LogP contribution is 2.35. The molecule has 0 aliphatic rings. The first-order valence-corrected chi connectivity index (χ1v) is 9.36. The summed E-state index contributed by atoms with van der Waals surface area (Å²) in [4.78, 5) is 0. The Morgan fingerprint density at radius 1 is 1.00 bits per heavy atom. The van der Waals surface area contributed by atoms with E-state index in [1.165, 1.54) is 19.3 Å². The smallest absolute Gasteiger partial charge is 0.159 e. The molecule has 0 heterocycles. The Morgan fingerprint density at radius 3 is 2.00 bits per heavy atom. The fraction of sp³-hybridized carbons (Fsp3) is 1.00. The first-order chi connectivity index (χ1) is 10.1. The molecule has 0 saturated carbocycles. The van der Waals surface area contributed by atoms with E-state index in [9.17, 15) is 5.11 Å². The van der Waals surface area contributed by atoms with Crippen LogP contribution in [0.25, 0.3) is 0 Å². The van der Waals surface area contributed by atoms with Crippen LogP contribution in [0.3, 0.4) is 0 Å². The third kappa shape index (κ3) is 7.97. The highest BCUT2D eigenvalue weighted by atomic mass is 16.6. The van der Waals surface area contributed by atoms with Crippen molar-refractivity contribution in [1.82, 2.24) is 0 Å². The van der Waals surface area contributed by atoms with Crippen LogP contribution in [0, 0.1) is 22.7 Å². The summed E-state index contributed by atoms with van der Waals surface area (Å²) in [5.74, 6) is 1.32. The molecule has 1 N–H and O–H groups in total. The van der Waals surface area contributed by atoms with Gasteiger partial charge in [-0.15, -0.1) is 0 Å². The van der Waals surface area contributed by atoms with Gasteiger partial charge < -0.3 is 9.84 Å². The quantitative estimate of drug-likeness (QED) is 0.373. The minimum Gasteiger partial charge on any atom is -0.367 e. The lowest BCUT2D eigenvalue weighted by molar-refractivity contribution is -0.177. The minimum absolute atomic E-state index is 0.124. The molecule has 0 saturated heterocycles. The standard InChI is InChI=1S/C20H42O2/c1-9-12-17(19(5,6)7)13-11-14-22-18(21)20(8,10-2)15-16(3)4/h16-18,21H,9-15H2,1-8H3. The maximum atomic E-state index is 10.4. The van der Waals surface area contributed by atoms with E-state index in [-0.39, 0.29) is 5.41 Å². The van der Waals surface area contributed by atoms with E-state index in [2.05, 4.69) is 55.4 Å². The van der Waals surface area contributed by atoms with Gasteiger partial charge in [-0.2, -0.15) is 0 Å². The molecule has 134 valence electrons. The van der Waals surface area contributed by atoms with Gasteiger partial charge in [-0.25, -0.2) is 0 Å². The molecule has 0 aromatic heterocycles. The normalized spacial score (nSPS) is 18.3. The predicted molar refractivity (Wildman–Crippen MR) is 96.9 cm³/mol. The van der Waals surface area contributed by atoms with Crippen LogP contribution in [0.2, 0.25) is 0 Å². The Hall–Kier alpha value is -0.0800. The average molecular weight is 315 g/mol. The van der Waals surface area contributed by atoms with E-state index >= 15 is 0 Å². The Bertz CT molecular complexity index is 280. The molecule has 22 heavy (non-hydrogen) atoms. The number of rotatable bonds is 11. The number of ether oxygens (including phenoxy) is 1. The van der Waals surface area contributed by atoms with Crippen molar-refractivity contribution < 1.29 is 9.84 Å². The first kappa shape index (κ1) is 21.9. The van der Waals surface area contributed by atoms with Gasteiger partial charge in [0.1, 0.15) is 0 Å². The van der Waals surface area contributed by atoms with Crippen molar-refractivity contribution in [3.05, 3.63) is 0 Å². The highest BCUT2D eigenvalue weighted by molar-refractivity contribution is 4.78. The molecule has 3 unspecified atom stereocenters. The maximum Gasteiger partial charge on any atom is 0.159 e. The summed E-state index contributed by atoms with van der Waals surface area (Å²) in [6, 6.07) is 0. The zero-order valence-corrected chi connectivity index (χ0v) is 16.5. The molecule has 0 aromatic rings. The van der Waals surface area contributed by atoms with Crippen LogP contribution in [-0.4, -0.2) is 18.0 Å².